The first kappa shape index (κ1) is 15.0. The highest BCUT2D eigenvalue weighted by atomic mass is 79.9. The molecule has 0 aliphatic heterocycles. The maximum atomic E-state index is 12.1. The first-order chi connectivity index (χ1) is 9.49. The Morgan fingerprint density at radius 3 is 2.75 bits per heavy atom. The quantitative estimate of drug-likeness (QED) is 0.648. The molecule has 0 atom stereocenters. The molecule has 0 saturated heterocycles. The molecule has 1 amide bonds. The van der Waals surface area contributed by atoms with E-state index in [2.05, 4.69) is 21.2 Å². The van der Waals surface area contributed by atoms with Crippen molar-refractivity contribution in [3.63, 3.8) is 0 Å². The van der Waals surface area contributed by atoms with E-state index < -0.39 is 10.8 Å². The minimum absolute atomic E-state index is 0.0593. The third kappa shape index (κ3) is 3.36. The normalized spacial score (nSPS) is 10.3. The van der Waals surface area contributed by atoms with Crippen LogP contribution < -0.4 is 5.32 Å². The Kier molecular flexibility index (Phi) is 4.74. The predicted molar refractivity (Wildman–Crippen MR) is 81.3 cm³/mol. The minimum atomic E-state index is -0.622. The van der Waals surface area contributed by atoms with E-state index in [1.165, 1.54) is 29.5 Å². The summed E-state index contributed by atoms with van der Waals surface area (Å²) in [7, 11) is 0. The molecule has 0 aliphatic rings. The van der Waals surface area contributed by atoms with Crippen molar-refractivity contribution in [1.82, 2.24) is 5.32 Å². The fourth-order valence-corrected chi connectivity index (χ4v) is 3.27. The van der Waals surface area contributed by atoms with Gasteiger partial charge in [0, 0.05) is 10.9 Å². The zero-order chi connectivity index (χ0) is 14.7. The summed E-state index contributed by atoms with van der Waals surface area (Å²) in [5.74, 6) is -0.563. The predicted octanol–water partition coefficient (Wildman–Crippen LogP) is 4.00. The number of benzene rings is 1. The topological polar surface area (TPSA) is 72.2 Å². The van der Waals surface area contributed by atoms with E-state index in [4.69, 9.17) is 11.6 Å². The van der Waals surface area contributed by atoms with E-state index >= 15 is 0 Å². The van der Waals surface area contributed by atoms with E-state index in [0.29, 0.717) is 0 Å². The van der Waals surface area contributed by atoms with Gasteiger partial charge in [0.1, 0.15) is 5.56 Å². The lowest BCUT2D eigenvalue weighted by atomic mass is 10.1. The van der Waals surface area contributed by atoms with Crippen LogP contribution in [0.5, 0.6) is 0 Å². The van der Waals surface area contributed by atoms with Crippen LogP contribution in [-0.4, -0.2) is 10.8 Å². The van der Waals surface area contributed by atoms with Crippen molar-refractivity contribution >= 4 is 50.5 Å². The summed E-state index contributed by atoms with van der Waals surface area (Å²) in [4.78, 5) is 23.3. The van der Waals surface area contributed by atoms with Crippen molar-refractivity contribution in [2.24, 2.45) is 0 Å². The van der Waals surface area contributed by atoms with Crippen molar-refractivity contribution < 1.29 is 9.72 Å². The van der Waals surface area contributed by atoms with Crippen molar-refractivity contribution in [3.05, 3.63) is 59.7 Å². The number of nitrogens with one attached hydrogen (secondary N) is 1. The molecule has 0 bridgehead atoms. The van der Waals surface area contributed by atoms with Gasteiger partial charge in [0.05, 0.1) is 20.3 Å². The van der Waals surface area contributed by atoms with Gasteiger partial charge >= 0.3 is 0 Å². The number of nitro benzene ring substituents is 1. The second-order valence-electron chi connectivity index (χ2n) is 3.78. The van der Waals surface area contributed by atoms with Gasteiger partial charge in [0.2, 0.25) is 0 Å². The summed E-state index contributed by atoms with van der Waals surface area (Å²) in [6, 6.07) is 7.86. The maximum Gasteiger partial charge on any atom is 0.283 e. The molecule has 8 heteroatoms. The smallest absolute Gasteiger partial charge is 0.283 e. The van der Waals surface area contributed by atoms with Crippen molar-refractivity contribution in [1.29, 1.82) is 0 Å². The van der Waals surface area contributed by atoms with Gasteiger partial charge < -0.3 is 5.32 Å². The lowest BCUT2D eigenvalue weighted by Gasteiger charge is -2.06. The van der Waals surface area contributed by atoms with Crippen molar-refractivity contribution in [2.75, 3.05) is 0 Å². The molecule has 0 saturated carbocycles. The average molecular weight is 376 g/mol. The molecule has 1 aromatic carbocycles. The highest BCUT2D eigenvalue weighted by Gasteiger charge is 2.23. The van der Waals surface area contributed by atoms with Gasteiger partial charge in [-0.05, 0) is 34.1 Å². The SMILES string of the molecule is O=C(NCc1ccc(Br)s1)c1c(Cl)cccc1[N+](=O)[O-]. The number of nitrogens with zero attached hydrogens (tertiary/aromatic N) is 1. The molecule has 5 nitrogen and oxygen atoms in total. The Hall–Kier alpha value is -1.44. The molecule has 20 heavy (non-hydrogen) atoms. The summed E-state index contributed by atoms with van der Waals surface area (Å²) in [5, 5.41) is 13.6. The van der Waals surface area contributed by atoms with Crippen LogP contribution in [-0.2, 0) is 6.54 Å². The Labute approximate surface area is 131 Å². The molecule has 2 rings (SSSR count). The van der Waals surface area contributed by atoms with E-state index in [1.807, 2.05) is 12.1 Å². The van der Waals surface area contributed by atoms with Gasteiger partial charge in [-0.15, -0.1) is 11.3 Å². The van der Waals surface area contributed by atoms with Gasteiger partial charge in [-0.25, -0.2) is 0 Å². The molecule has 0 fully saturated rings. The van der Waals surface area contributed by atoms with Crippen LogP contribution in [0.3, 0.4) is 0 Å². The Balaban J connectivity index is 2.19. The maximum absolute atomic E-state index is 12.1. The van der Waals surface area contributed by atoms with E-state index in [-0.39, 0.29) is 22.8 Å². The molecule has 0 aliphatic carbocycles. The molecule has 1 heterocycles. The number of carbonyl (C=O) groups is 1. The summed E-state index contributed by atoms with van der Waals surface area (Å²) in [6.45, 7) is 0.289. The minimum Gasteiger partial charge on any atom is -0.347 e. The Bertz CT molecular complexity index is 674. The van der Waals surface area contributed by atoms with Crippen LogP contribution in [0.2, 0.25) is 5.02 Å². The molecule has 0 spiro atoms. The number of thiophene rings is 1. The lowest BCUT2D eigenvalue weighted by Crippen LogP contribution is -2.23. The van der Waals surface area contributed by atoms with E-state index in [9.17, 15) is 14.9 Å². The average Bonchev–Trinajstić information content (AvgIpc) is 2.81. The fourth-order valence-electron chi connectivity index (χ4n) is 1.59. The first-order valence-corrected chi connectivity index (χ1v) is 7.43. The molecule has 0 unspecified atom stereocenters. The van der Waals surface area contributed by atoms with Crippen molar-refractivity contribution in [3.8, 4) is 0 Å². The second-order valence-corrected chi connectivity index (χ2v) is 6.73. The third-order valence-corrected chi connectivity index (χ3v) is 4.41. The zero-order valence-electron chi connectivity index (χ0n) is 9.93. The molecular formula is C12H8BrClN2O3S. The standard InChI is InChI=1S/C12H8BrClN2O3S/c13-10-5-4-7(20-10)6-15-12(17)11-8(14)2-1-3-9(11)16(18)19/h1-5H,6H2,(H,15,17). The molecule has 1 N–H and O–H groups in total. The van der Waals surface area contributed by atoms with Crippen LogP contribution in [0.25, 0.3) is 0 Å². The van der Waals surface area contributed by atoms with Gasteiger partial charge in [0.15, 0.2) is 0 Å². The lowest BCUT2D eigenvalue weighted by molar-refractivity contribution is -0.385. The number of carbonyl (C=O) groups excluding carboxylic acids is 1. The highest BCUT2D eigenvalue weighted by molar-refractivity contribution is 9.11. The van der Waals surface area contributed by atoms with E-state index in [0.717, 1.165) is 8.66 Å². The molecule has 2 aromatic rings. The summed E-state index contributed by atoms with van der Waals surface area (Å²) >= 11 is 10.7. The van der Waals surface area contributed by atoms with E-state index in [1.54, 1.807) is 0 Å². The van der Waals surface area contributed by atoms with Crippen LogP contribution in [0.1, 0.15) is 15.2 Å². The van der Waals surface area contributed by atoms with Crippen LogP contribution >= 0.6 is 38.9 Å². The van der Waals surface area contributed by atoms with Gasteiger partial charge in [-0.3, -0.25) is 14.9 Å². The van der Waals surface area contributed by atoms with Crippen LogP contribution in [0.4, 0.5) is 5.69 Å². The number of hydrogen-bond donors (Lipinski definition) is 1. The number of rotatable bonds is 4. The van der Waals surface area contributed by atoms with Crippen LogP contribution in [0, 0.1) is 10.1 Å². The molecular weight excluding hydrogens is 368 g/mol. The summed E-state index contributed by atoms with van der Waals surface area (Å²) in [6.07, 6.45) is 0. The Morgan fingerprint density at radius 1 is 1.40 bits per heavy atom. The Morgan fingerprint density at radius 2 is 2.15 bits per heavy atom. The zero-order valence-corrected chi connectivity index (χ0v) is 13.1. The van der Waals surface area contributed by atoms with Crippen LogP contribution in [0.15, 0.2) is 34.1 Å². The summed E-state index contributed by atoms with van der Waals surface area (Å²) in [5.41, 5.74) is -0.419. The van der Waals surface area contributed by atoms with Gasteiger partial charge in [0.25, 0.3) is 11.6 Å². The largest absolute Gasteiger partial charge is 0.347 e. The number of halogens is 2. The first-order valence-electron chi connectivity index (χ1n) is 5.44. The molecule has 1 aromatic heterocycles. The second kappa shape index (κ2) is 6.34. The third-order valence-electron chi connectivity index (χ3n) is 2.47. The van der Waals surface area contributed by atoms with Gasteiger partial charge in [-0.2, -0.15) is 0 Å². The summed E-state index contributed by atoms with van der Waals surface area (Å²) < 4.78 is 0.950. The van der Waals surface area contributed by atoms with Gasteiger partial charge in [-0.1, -0.05) is 17.7 Å². The monoisotopic (exact) mass is 374 g/mol. The number of nitro groups is 1. The molecule has 0 radical (unpaired) electrons. The number of hydrogen-bond acceptors (Lipinski definition) is 4. The highest BCUT2D eigenvalue weighted by Crippen LogP contribution is 2.26. The number of amides is 1. The fraction of sp³-hybridized carbons (Fsp3) is 0.0833. The molecule has 104 valence electrons. The van der Waals surface area contributed by atoms with Crippen molar-refractivity contribution in [2.45, 2.75) is 6.54 Å².